The summed E-state index contributed by atoms with van der Waals surface area (Å²) < 4.78 is 0. The third-order valence-electron chi connectivity index (χ3n) is 6.90. The number of allylic oxidation sites excluding steroid dienone is 2. The fraction of sp³-hybridized carbons (Fsp3) is 0.857. The van der Waals surface area contributed by atoms with Crippen molar-refractivity contribution < 1.29 is 9.90 Å². The van der Waals surface area contributed by atoms with E-state index in [1.165, 1.54) is 25.7 Å². The van der Waals surface area contributed by atoms with Crippen LogP contribution in [-0.4, -0.2) is 11.1 Å². The van der Waals surface area contributed by atoms with Crippen LogP contribution in [-0.2, 0) is 4.79 Å². The molecule has 3 aliphatic rings. The fourth-order valence-corrected chi connectivity index (χ4v) is 5.59. The highest BCUT2D eigenvalue weighted by Crippen LogP contribution is 2.57. The summed E-state index contributed by atoms with van der Waals surface area (Å²) >= 11 is 0. The van der Waals surface area contributed by atoms with Crippen LogP contribution in [0.1, 0.15) is 79.6 Å². The largest absolute Gasteiger partial charge is 0.481 e. The molecular weight excluding hydrogens is 284 g/mol. The SMILES string of the molecule is CC.CC(C)C1=CC2CCC3C(CCC[C@@]3(C)C(=O)O)C2CC1. The summed E-state index contributed by atoms with van der Waals surface area (Å²) in [7, 11) is 0. The van der Waals surface area contributed by atoms with Gasteiger partial charge in [-0.15, -0.1) is 0 Å². The quantitative estimate of drug-likeness (QED) is 0.641. The lowest BCUT2D eigenvalue weighted by Crippen LogP contribution is -2.49. The van der Waals surface area contributed by atoms with Crippen LogP contribution in [0.4, 0.5) is 0 Å². The molecule has 2 heteroatoms. The van der Waals surface area contributed by atoms with E-state index in [0.717, 1.165) is 31.1 Å². The monoisotopic (exact) mass is 320 g/mol. The molecule has 5 atom stereocenters. The Morgan fingerprint density at radius 1 is 1.17 bits per heavy atom. The Labute approximate surface area is 142 Å². The Balaban J connectivity index is 0.000000924. The molecule has 4 unspecified atom stereocenters. The third kappa shape index (κ3) is 3.37. The van der Waals surface area contributed by atoms with E-state index in [0.29, 0.717) is 17.8 Å². The van der Waals surface area contributed by atoms with Crippen LogP contribution in [0.15, 0.2) is 11.6 Å². The molecule has 0 heterocycles. The minimum Gasteiger partial charge on any atom is -0.481 e. The van der Waals surface area contributed by atoms with Crippen molar-refractivity contribution in [3.05, 3.63) is 11.6 Å². The van der Waals surface area contributed by atoms with Crippen LogP contribution < -0.4 is 0 Å². The van der Waals surface area contributed by atoms with Crippen molar-refractivity contribution in [2.75, 3.05) is 0 Å². The number of hydrogen-bond acceptors (Lipinski definition) is 1. The molecule has 0 amide bonds. The number of carboxylic acid groups (broad SMARTS) is 1. The van der Waals surface area contributed by atoms with Crippen molar-refractivity contribution in [1.82, 2.24) is 0 Å². The number of rotatable bonds is 2. The first-order valence-electron chi connectivity index (χ1n) is 9.87. The van der Waals surface area contributed by atoms with Crippen LogP contribution in [0.5, 0.6) is 0 Å². The van der Waals surface area contributed by atoms with Gasteiger partial charge in [0.25, 0.3) is 0 Å². The number of carboxylic acids is 1. The van der Waals surface area contributed by atoms with Gasteiger partial charge in [0.15, 0.2) is 0 Å². The lowest BCUT2D eigenvalue weighted by Gasteiger charge is -2.53. The van der Waals surface area contributed by atoms with Gasteiger partial charge in [-0.25, -0.2) is 0 Å². The molecule has 0 aromatic carbocycles. The summed E-state index contributed by atoms with van der Waals surface area (Å²) in [5.74, 6) is 2.69. The normalized spacial score (nSPS) is 39.5. The Morgan fingerprint density at radius 2 is 1.87 bits per heavy atom. The van der Waals surface area contributed by atoms with Gasteiger partial charge in [0.2, 0.25) is 0 Å². The van der Waals surface area contributed by atoms with Crippen molar-refractivity contribution in [3.8, 4) is 0 Å². The first kappa shape index (κ1) is 18.5. The summed E-state index contributed by atoms with van der Waals surface area (Å²) in [5, 5.41) is 9.74. The van der Waals surface area contributed by atoms with Crippen LogP contribution in [0.2, 0.25) is 0 Å². The molecule has 132 valence electrons. The van der Waals surface area contributed by atoms with Crippen LogP contribution in [0, 0.1) is 35.0 Å². The van der Waals surface area contributed by atoms with Crippen molar-refractivity contribution in [1.29, 1.82) is 0 Å². The van der Waals surface area contributed by atoms with Crippen molar-refractivity contribution in [3.63, 3.8) is 0 Å². The minimum atomic E-state index is -0.551. The molecule has 0 spiro atoms. The van der Waals surface area contributed by atoms with E-state index in [1.54, 1.807) is 5.57 Å². The number of carbonyl (C=O) groups is 1. The topological polar surface area (TPSA) is 37.3 Å². The molecule has 0 aliphatic heterocycles. The lowest BCUT2D eigenvalue weighted by atomic mass is 9.51. The molecule has 2 nitrogen and oxygen atoms in total. The second kappa shape index (κ2) is 7.40. The molecule has 0 bridgehead atoms. The minimum absolute atomic E-state index is 0.416. The molecule has 2 saturated carbocycles. The highest BCUT2D eigenvalue weighted by atomic mass is 16.4. The summed E-state index contributed by atoms with van der Waals surface area (Å²) in [6.45, 7) is 10.6. The Hall–Kier alpha value is -0.790. The fourth-order valence-electron chi connectivity index (χ4n) is 5.59. The van der Waals surface area contributed by atoms with Gasteiger partial charge in [0, 0.05) is 0 Å². The maximum atomic E-state index is 11.8. The average Bonchev–Trinajstić information content (AvgIpc) is 2.56. The van der Waals surface area contributed by atoms with E-state index >= 15 is 0 Å². The first-order chi connectivity index (χ1) is 10.9. The third-order valence-corrected chi connectivity index (χ3v) is 6.90. The van der Waals surface area contributed by atoms with Crippen LogP contribution in [0.25, 0.3) is 0 Å². The van der Waals surface area contributed by atoms with Gasteiger partial charge >= 0.3 is 5.97 Å². The van der Waals surface area contributed by atoms with E-state index in [2.05, 4.69) is 19.9 Å². The Kier molecular flexibility index (Phi) is 5.97. The van der Waals surface area contributed by atoms with Gasteiger partial charge in [0.05, 0.1) is 5.41 Å². The van der Waals surface area contributed by atoms with Crippen molar-refractivity contribution in [2.24, 2.45) is 35.0 Å². The van der Waals surface area contributed by atoms with E-state index in [4.69, 9.17) is 0 Å². The highest BCUT2D eigenvalue weighted by Gasteiger charge is 2.52. The zero-order valence-corrected chi connectivity index (χ0v) is 15.8. The summed E-state index contributed by atoms with van der Waals surface area (Å²) in [4.78, 5) is 11.8. The molecule has 1 N–H and O–H groups in total. The van der Waals surface area contributed by atoms with Crippen LogP contribution in [0.3, 0.4) is 0 Å². The van der Waals surface area contributed by atoms with E-state index in [9.17, 15) is 9.90 Å². The molecule has 3 aliphatic carbocycles. The van der Waals surface area contributed by atoms with E-state index in [1.807, 2.05) is 20.8 Å². The van der Waals surface area contributed by atoms with E-state index < -0.39 is 11.4 Å². The molecule has 0 saturated heterocycles. The Bertz CT molecular complexity index is 451. The van der Waals surface area contributed by atoms with Crippen molar-refractivity contribution >= 4 is 5.97 Å². The predicted molar refractivity (Wildman–Crippen MR) is 96.3 cm³/mol. The highest BCUT2D eigenvalue weighted by molar-refractivity contribution is 5.74. The zero-order chi connectivity index (χ0) is 17.2. The molecule has 3 rings (SSSR count). The number of aliphatic carboxylic acids is 1. The Morgan fingerprint density at radius 3 is 2.48 bits per heavy atom. The van der Waals surface area contributed by atoms with E-state index in [-0.39, 0.29) is 0 Å². The van der Waals surface area contributed by atoms with Crippen molar-refractivity contribution in [2.45, 2.75) is 79.6 Å². The average molecular weight is 321 g/mol. The maximum absolute atomic E-state index is 11.8. The number of hydrogen-bond donors (Lipinski definition) is 1. The standard InChI is InChI=1S/C19H30O2.C2H6/c1-12(2)13-6-8-15-14(11-13)7-9-17-16(15)5-4-10-19(17,3)18(20)21;1-2/h11-12,14-17H,4-10H2,1-3H3,(H,20,21);1-2H3/t14?,15?,16?,17?,19-;/m1./s1. The first-order valence-corrected chi connectivity index (χ1v) is 9.87. The molecule has 23 heavy (non-hydrogen) atoms. The summed E-state index contributed by atoms with van der Waals surface area (Å²) in [6.07, 6.45) is 10.7. The lowest BCUT2D eigenvalue weighted by molar-refractivity contribution is -0.159. The second-order valence-electron chi connectivity index (χ2n) is 8.23. The number of fused-ring (bicyclic) bond motifs is 3. The molecule has 0 aromatic rings. The van der Waals surface area contributed by atoms with Gasteiger partial charge in [-0.3, -0.25) is 4.79 Å². The maximum Gasteiger partial charge on any atom is 0.309 e. The van der Waals surface area contributed by atoms with Crippen LogP contribution >= 0.6 is 0 Å². The van der Waals surface area contributed by atoms with Gasteiger partial charge in [-0.05, 0) is 75.0 Å². The zero-order valence-electron chi connectivity index (χ0n) is 15.8. The van der Waals surface area contributed by atoms with Gasteiger partial charge in [-0.2, -0.15) is 0 Å². The summed E-state index contributed by atoms with van der Waals surface area (Å²) in [6, 6.07) is 0. The van der Waals surface area contributed by atoms with Gasteiger partial charge in [0.1, 0.15) is 0 Å². The summed E-state index contributed by atoms with van der Waals surface area (Å²) in [5.41, 5.74) is 1.18. The molecular formula is C21H36O2. The molecule has 0 radical (unpaired) electrons. The van der Waals surface area contributed by atoms with Gasteiger partial charge in [-0.1, -0.05) is 45.8 Å². The second-order valence-corrected chi connectivity index (χ2v) is 8.23. The van der Waals surface area contributed by atoms with Gasteiger partial charge < -0.3 is 5.11 Å². The smallest absolute Gasteiger partial charge is 0.309 e. The predicted octanol–water partition coefficient (Wildman–Crippen LogP) is 5.92. The molecule has 2 fully saturated rings. The molecule has 0 aromatic heterocycles.